The summed E-state index contributed by atoms with van der Waals surface area (Å²) in [5, 5.41) is 0.775. The van der Waals surface area contributed by atoms with Gasteiger partial charge in [0.05, 0.1) is 12.3 Å². The fourth-order valence-electron chi connectivity index (χ4n) is 3.35. The molecule has 0 bridgehead atoms. The Labute approximate surface area is 206 Å². The van der Waals surface area contributed by atoms with Crippen LogP contribution in [0.25, 0.3) is 6.08 Å². The van der Waals surface area contributed by atoms with Crippen molar-refractivity contribution in [1.82, 2.24) is 0 Å². The highest BCUT2D eigenvalue weighted by Crippen LogP contribution is 2.28. The smallest absolute Gasteiger partial charge is 0.0668 e. The molecule has 0 unspecified atom stereocenters. The SMILES string of the molecule is CN1CCN=C(C=Cc2ccccc2SCc2ccc(Cl)cc2)c2ccccc21.Cl.Cl. The van der Waals surface area contributed by atoms with E-state index >= 15 is 0 Å². The van der Waals surface area contributed by atoms with Gasteiger partial charge in [-0.05, 0) is 41.5 Å². The Morgan fingerprint density at radius 3 is 2.45 bits per heavy atom. The molecule has 0 N–H and O–H groups in total. The zero-order chi connectivity index (χ0) is 20.1. The van der Waals surface area contributed by atoms with E-state index in [-0.39, 0.29) is 24.8 Å². The normalized spacial score (nSPS) is 13.0. The molecule has 3 aromatic carbocycles. The van der Waals surface area contributed by atoms with Gasteiger partial charge in [-0.25, -0.2) is 0 Å². The second kappa shape index (κ2) is 12.2. The summed E-state index contributed by atoms with van der Waals surface area (Å²) >= 11 is 7.84. The van der Waals surface area contributed by atoms with Crippen molar-refractivity contribution in [2.45, 2.75) is 10.6 Å². The van der Waals surface area contributed by atoms with Crippen molar-refractivity contribution in [1.29, 1.82) is 0 Å². The Bertz CT molecular complexity index is 1050. The average molecular weight is 492 g/mol. The average Bonchev–Trinajstić information content (AvgIpc) is 2.91. The number of likely N-dealkylation sites (N-methyl/N-ethyl adjacent to an activating group) is 1. The Kier molecular flexibility index (Phi) is 9.98. The first kappa shape index (κ1) is 25.4. The van der Waals surface area contributed by atoms with E-state index in [0.29, 0.717) is 0 Å². The van der Waals surface area contributed by atoms with Crippen molar-refractivity contribution in [3.63, 3.8) is 0 Å². The van der Waals surface area contributed by atoms with Crippen molar-refractivity contribution >= 4 is 65.7 Å². The standard InChI is InChI=1S/C25H23ClN2S.2ClH/c1-28-17-16-27-23(22-7-3-4-8-24(22)28)15-12-20-6-2-5-9-25(20)29-18-19-10-13-21(26)14-11-19;;/h2-15H,16-18H2,1H3;2*1H. The minimum Gasteiger partial charge on any atom is -0.372 e. The van der Waals surface area contributed by atoms with E-state index in [1.807, 2.05) is 23.9 Å². The molecular formula is C25H25Cl3N2S. The largest absolute Gasteiger partial charge is 0.372 e. The first-order valence-electron chi connectivity index (χ1n) is 9.70. The van der Waals surface area contributed by atoms with Gasteiger partial charge in [-0.1, -0.05) is 66.2 Å². The summed E-state index contributed by atoms with van der Waals surface area (Å²) in [5.41, 5.74) is 5.95. The lowest BCUT2D eigenvalue weighted by molar-refractivity contribution is 0.897. The van der Waals surface area contributed by atoms with Crippen LogP contribution in [0.15, 0.2) is 88.8 Å². The summed E-state index contributed by atoms with van der Waals surface area (Å²) in [6.07, 6.45) is 4.34. The molecule has 1 aliphatic heterocycles. The lowest BCUT2D eigenvalue weighted by Crippen LogP contribution is -2.20. The molecule has 31 heavy (non-hydrogen) atoms. The number of allylic oxidation sites excluding steroid dienone is 1. The van der Waals surface area contributed by atoms with E-state index in [1.165, 1.54) is 27.3 Å². The van der Waals surface area contributed by atoms with E-state index in [9.17, 15) is 0 Å². The van der Waals surface area contributed by atoms with Gasteiger partial charge in [0.15, 0.2) is 0 Å². The Hall–Kier alpha value is -1.91. The number of fused-ring (bicyclic) bond motifs is 1. The van der Waals surface area contributed by atoms with Crippen molar-refractivity contribution in [3.8, 4) is 0 Å². The Balaban J connectivity index is 0.00000171. The predicted molar refractivity (Wildman–Crippen MR) is 142 cm³/mol. The van der Waals surface area contributed by atoms with Crippen LogP contribution in [0.5, 0.6) is 0 Å². The number of hydrogen-bond donors (Lipinski definition) is 0. The van der Waals surface area contributed by atoms with Gasteiger partial charge >= 0.3 is 0 Å². The number of nitrogens with zero attached hydrogens (tertiary/aromatic N) is 2. The molecule has 0 aromatic heterocycles. The number of benzodiazepines with no additional fused rings is 1. The highest BCUT2D eigenvalue weighted by molar-refractivity contribution is 7.98. The molecule has 0 atom stereocenters. The molecular weight excluding hydrogens is 467 g/mol. The fourth-order valence-corrected chi connectivity index (χ4v) is 4.47. The molecule has 0 aliphatic carbocycles. The molecule has 0 saturated carbocycles. The number of rotatable bonds is 5. The topological polar surface area (TPSA) is 15.6 Å². The predicted octanol–water partition coefficient (Wildman–Crippen LogP) is 7.43. The third kappa shape index (κ3) is 6.54. The van der Waals surface area contributed by atoms with Gasteiger partial charge in [-0.15, -0.1) is 36.6 Å². The quantitative estimate of drug-likeness (QED) is 0.345. The van der Waals surface area contributed by atoms with Crippen molar-refractivity contribution in [2.75, 3.05) is 25.0 Å². The number of benzene rings is 3. The summed E-state index contributed by atoms with van der Waals surface area (Å²) < 4.78 is 0. The molecule has 162 valence electrons. The van der Waals surface area contributed by atoms with Gasteiger partial charge in [-0.3, -0.25) is 4.99 Å². The van der Waals surface area contributed by atoms with Gasteiger partial charge in [0.2, 0.25) is 0 Å². The zero-order valence-electron chi connectivity index (χ0n) is 17.2. The molecule has 4 rings (SSSR count). The van der Waals surface area contributed by atoms with Gasteiger partial charge in [0.25, 0.3) is 0 Å². The van der Waals surface area contributed by atoms with Crippen molar-refractivity contribution in [2.24, 2.45) is 4.99 Å². The van der Waals surface area contributed by atoms with Gasteiger partial charge in [0, 0.05) is 40.5 Å². The van der Waals surface area contributed by atoms with Crippen molar-refractivity contribution < 1.29 is 0 Å². The molecule has 1 heterocycles. The van der Waals surface area contributed by atoms with Crippen LogP contribution in [0.1, 0.15) is 16.7 Å². The van der Waals surface area contributed by atoms with E-state index in [2.05, 4.69) is 84.8 Å². The maximum atomic E-state index is 6.00. The number of anilines is 1. The lowest BCUT2D eigenvalue weighted by Gasteiger charge is -2.18. The highest BCUT2D eigenvalue weighted by Gasteiger charge is 2.13. The minimum atomic E-state index is 0. The van der Waals surface area contributed by atoms with Gasteiger partial charge < -0.3 is 4.90 Å². The maximum Gasteiger partial charge on any atom is 0.0668 e. The molecule has 3 aromatic rings. The molecule has 0 spiro atoms. The fraction of sp³-hybridized carbons (Fsp3) is 0.160. The number of thioether (sulfide) groups is 1. The van der Waals surface area contributed by atoms with E-state index in [0.717, 1.165) is 29.6 Å². The van der Waals surface area contributed by atoms with Crippen molar-refractivity contribution in [3.05, 3.63) is 101 Å². The van der Waals surface area contributed by atoms with Crippen LogP contribution in [-0.2, 0) is 5.75 Å². The summed E-state index contributed by atoms with van der Waals surface area (Å²) in [5.74, 6) is 0.913. The summed E-state index contributed by atoms with van der Waals surface area (Å²) in [4.78, 5) is 8.37. The van der Waals surface area contributed by atoms with Gasteiger partial charge in [0.1, 0.15) is 0 Å². The minimum absolute atomic E-state index is 0. The molecule has 2 nitrogen and oxygen atoms in total. The van der Waals surface area contributed by atoms with Gasteiger partial charge in [-0.2, -0.15) is 0 Å². The monoisotopic (exact) mass is 490 g/mol. The van der Waals surface area contributed by atoms with Crippen LogP contribution in [0.4, 0.5) is 5.69 Å². The summed E-state index contributed by atoms with van der Waals surface area (Å²) in [7, 11) is 2.13. The Morgan fingerprint density at radius 1 is 0.935 bits per heavy atom. The zero-order valence-corrected chi connectivity index (χ0v) is 20.4. The lowest BCUT2D eigenvalue weighted by atomic mass is 10.1. The van der Waals surface area contributed by atoms with Crippen LogP contribution in [0, 0.1) is 0 Å². The van der Waals surface area contributed by atoms with E-state index in [1.54, 1.807) is 0 Å². The number of hydrogen-bond acceptors (Lipinski definition) is 3. The van der Waals surface area contributed by atoms with E-state index < -0.39 is 0 Å². The Morgan fingerprint density at radius 2 is 1.65 bits per heavy atom. The first-order chi connectivity index (χ1) is 14.2. The van der Waals surface area contributed by atoms with Crippen LogP contribution in [0.2, 0.25) is 5.02 Å². The number of halogens is 3. The highest BCUT2D eigenvalue weighted by atomic mass is 35.5. The third-order valence-electron chi connectivity index (χ3n) is 4.96. The molecule has 0 amide bonds. The molecule has 6 heteroatoms. The summed E-state index contributed by atoms with van der Waals surface area (Å²) in [6.45, 7) is 1.74. The summed E-state index contributed by atoms with van der Waals surface area (Å²) in [6, 6.07) is 25.1. The van der Waals surface area contributed by atoms with Crippen LogP contribution < -0.4 is 4.90 Å². The molecule has 0 fully saturated rings. The molecule has 0 radical (unpaired) electrons. The molecule has 1 aliphatic rings. The van der Waals surface area contributed by atoms with Crippen LogP contribution in [0.3, 0.4) is 0 Å². The molecule has 0 saturated heterocycles. The van der Waals surface area contributed by atoms with E-state index in [4.69, 9.17) is 16.6 Å². The van der Waals surface area contributed by atoms with Crippen LogP contribution >= 0.6 is 48.2 Å². The number of aliphatic imine (C=N–C) groups is 1. The van der Waals surface area contributed by atoms with Crippen LogP contribution in [-0.4, -0.2) is 25.8 Å². The second-order valence-electron chi connectivity index (χ2n) is 6.99. The second-order valence-corrected chi connectivity index (χ2v) is 8.45. The maximum absolute atomic E-state index is 6.00. The first-order valence-corrected chi connectivity index (χ1v) is 11.1. The third-order valence-corrected chi connectivity index (χ3v) is 6.37. The number of para-hydroxylation sites is 1.